The van der Waals surface area contributed by atoms with Crippen LogP contribution in [-0.4, -0.2) is 57.0 Å². The first-order valence-electron chi connectivity index (χ1n) is 9.81. The fourth-order valence-electron chi connectivity index (χ4n) is 3.93. The molecule has 1 aliphatic rings. The first-order chi connectivity index (χ1) is 14.5. The predicted molar refractivity (Wildman–Crippen MR) is 115 cm³/mol. The van der Waals surface area contributed by atoms with Crippen LogP contribution in [0.4, 0.5) is 5.82 Å². The molecule has 1 aliphatic heterocycles. The molecule has 1 atom stereocenters. The molecule has 7 nitrogen and oxygen atoms in total. The van der Waals surface area contributed by atoms with Gasteiger partial charge in [-0.1, -0.05) is 30.2 Å². The quantitative estimate of drug-likeness (QED) is 0.565. The van der Waals surface area contributed by atoms with Crippen molar-refractivity contribution in [1.82, 2.24) is 15.1 Å². The number of phenols is 1. The van der Waals surface area contributed by atoms with E-state index in [2.05, 4.69) is 21.4 Å². The van der Waals surface area contributed by atoms with Crippen molar-refractivity contribution in [2.75, 3.05) is 25.0 Å². The zero-order valence-corrected chi connectivity index (χ0v) is 16.4. The van der Waals surface area contributed by atoms with Crippen LogP contribution in [0.2, 0.25) is 0 Å². The largest absolute Gasteiger partial charge is 0.507 e. The molecule has 0 saturated carbocycles. The number of aliphatic carboxylic acids is 1. The predicted octanol–water partition coefficient (Wildman–Crippen LogP) is 2.94. The summed E-state index contributed by atoms with van der Waals surface area (Å²) in [6, 6.07) is 12.9. The number of terminal acetylenes is 1. The molecule has 3 aromatic rings. The number of carboxylic acid groups (broad SMARTS) is 1. The number of likely N-dealkylation sites (tertiary alicyclic amines) is 1. The lowest BCUT2D eigenvalue weighted by Gasteiger charge is -2.32. The molecule has 7 heteroatoms. The highest BCUT2D eigenvalue weighted by molar-refractivity contribution is 6.01. The molecule has 3 N–H and O–H groups in total. The van der Waals surface area contributed by atoms with Crippen LogP contribution in [-0.2, 0) is 4.79 Å². The molecular weight excluding hydrogens is 380 g/mol. The number of nitrogens with zero attached hydrogens (tertiary/aromatic N) is 3. The van der Waals surface area contributed by atoms with Crippen LogP contribution in [0.5, 0.6) is 5.75 Å². The molecule has 4 rings (SSSR count). The van der Waals surface area contributed by atoms with Crippen molar-refractivity contribution in [2.45, 2.75) is 18.9 Å². The molecule has 30 heavy (non-hydrogen) atoms. The van der Waals surface area contributed by atoms with E-state index in [4.69, 9.17) is 11.5 Å². The van der Waals surface area contributed by atoms with Crippen LogP contribution in [0.25, 0.3) is 22.0 Å². The summed E-state index contributed by atoms with van der Waals surface area (Å²) in [5.74, 6) is 2.40. The summed E-state index contributed by atoms with van der Waals surface area (Å²) in [7, 11) is 0. The fourth-order valence-corrected chi connectivity index (χ4v) is 3.93. The van der Waals surface area contributed by atoms with E-state index in [1.807, 2.05) is 29.2 Å². The van der Waals surface area contributed by atoms with E-state index in [1.165, 1.54) is 6.07 Å². The second-order valence-corrected chi connectivity index (χ2v) is 7.43. The summed E-state index contributed by atoms with van der Waals surface area (Å²) >= 11 is 0. The molecular formula is C23H22N4O3. The van der Waals surface area contributed by atoms with E-state index in [0.29, 0.717) is 29.2 Å². The number of hydrogen-bond acceptors (Lipinski definition) is 6. The second kappa shape index (κ2) is 8.39. The average Bonchev–Trinajstić information content (AvgIpc) is 2.74. The van der Waals surface area contributed by atoms with Gasteiger partial charge in [-0.3, -0.25) is 9.69 Å². The molecule has 1 unspecified atom stereocenters. The Hall–Kier alpha value is -3.63. The first-order valence-corrected chi connectivity index (χ1v) is 9.81. The van der Waals surface area contributed by atoms with Crippen LogP contribution in [0, 0.1) is 12.3 Å². The van der Waals surface area contributed by atoms with Gasteiger partial charge in [0.1, 0.15) is 11.4 Å². The number of fused-ring (bicyclic) bond motifs is 1. The number of nitrogens with one attached hydrogen (secondary N) is 1. The zero-order chi connectivity index (χ0) is 21.1. The Morgan fingerprint density at radius 2 is 2.03 bits per heavy atom. The summed E-state index contributed by atoms with van der Waals surface area (Å²) < 4.78 is 0. The normalized spacial score (nSPS) is 16.8. The minimum atomic E-state index is -0.819. The van der Waals surface area contributed by atoms with Crippen LogP contribution < -0.4 is 5.32 Å². The Labute approximate surface area is 174 Å². The first kappa shape index (κ1) is 19.7. The highest BCUT2D eigenvalue weighted by atomic mass is 16.4. The van der Waals surface area contributed by atoms with Gasteiger partial charge in [-0.25, -0.2) is 0 Å². The van der Waals surface area contributed by atoms with E-state index >= 15 is 0 Å². The number of rotatable bonds is 5. The number of aromatic nitrogens is 2. The molecule has 1 saturated heterocycles. The van der Waals surface area contributed by atoms with Crippen molar-refractivity contribution < 1.29 is 15.0 Å². The molecule has 1 aromatic heterocycles. The minimum Gasteiger partial charge on any atom is -0.507 e. The van der Waals surface area contributed by atoms with E-state index < -0.39 is 5.97 Å². The third kappa shape index (κ3) is 4.04. The van der Waals surface area contributed by atoms with Crippen molar-refractivity contribution in [3.05, 3.63) is 48.0 Å². The monoisotopic (exact) mass is 402 g/mol. The summed E-state index contributed by atoms with van der Waals surface area (Å²) in [5, 5.41) is 33.5. The van der Waals surface area contributed by atoms with Gasteiger partial charge in [0.2, 0.25) is 0 Å². The topological polar surface area (TPSA) is 98.6 Å². The van der Waals surface area contributed by atoms with Crippen molar-refractivity contribution in [3.63, 3.8) is 0 Å². The lowest BCUT2D eigenvalue weighted by atomic mass is 10.0. The number of anilines is 1. The standard InChI is InChI=1S/C23H22N4O3/c1-2-15-9-10-19(20(28)12-15)22-17-7-3-4-8-18(17)23(26-25-22)24-16-6-5-11-27(13-16)14-21(29)30/h1,3-4,7-10,12,16,28H,5-6,11,13-14H2,(H,24,26)(H,29,30). The van der Waals surface area contributed by atoms with E-state index in [9.17, 15) is 9.90 Å². The van der Waals surface area contributed by atoms with Crippen molar-refractivity contribution >= 4 is 22.6 Å². The third-order valence-corrected chi connectivity index (χ3v) is 5.31. The number of carboxylic acids is 1. The summed E-state index contributed by atoms with van der Waals surface area (Å²) in [6.45, 7) is 1.46. The van der Waals surface area contributed by atoms with Gasteiger partial charge in [0.05, 0.1) is 6.54 Å². The van der Waals surface area contributed by atoms with Crippen LogP contribution in [0.3, 0.4) is 0 Å². The number of carbonyl (C=O) groups is 1. The smallest absolute Gasteiger partial charge is 0.317 e. The van der Waals surface area contributed by atoms with Crippen LogP contribution >= 0.6 is 0 Å². The minimum absolute atomic E-state index is 0.0382. The maximum Gasteiger partial charge on any atom is 0.317 e. The van der Waals surface area contributed by atoms with Crippen LogP contribution in [0.15, 0.2) is 42.5 Å². The van der Waals surface area contributed by atoms with Gasteiger partial charge in [0.25, 0.3) is 0 Å². The van der Waals surface area contributed by atoms with Gasteiger partial charge in [0.15, 0.2) is 5.82 Å². The van der Waals surface area contributed by atoms with Gasteiger partial charge in [-0.05, 0) is 37.6 Å². The summed E-state index contributed by atoms with van der Waals surface area (Å²) in [4.78, 5) is 13.0. The van der Waals surface area contributed by atoms with E-state index in [1.54, 1.807) is 12.1 Å². The average molecular weight is 402 g/mol. The van der Waals surface area contributed by atoms with Gasteiger partial charge in [0, 0.05) is 34.5 Å². The van der Waals surface area contributed by atoms with Gasteiger partial charge in [-0.2, -0.15) is 0 Å². The molecule has 1 fully saturated rings. The van der Waals surface area contributed by atoms with E-state index in [0.717, 1.165) is 30.2 Å². The van der Waals surface area contributed by atoms with Crippen molar-refractivity contribution in [2.24, 2.45) is 0 Å². The van der Waals surface area contributed by atoms with Gasteiger partial charge in [-0.15, -0.1) is 16.6 Å². The maximum atomic E-state index is 11.0. The number of aromatic hydroxyl groups is 1. The van der Waals surface area contributed by atoms with Crippen molar-refractivity contribution in [1.29, 1.82) is 0 Å². The zero-order valence-electron chi connectivity index (χ0n) is 16.4. The summed E-state index contributed by atoms with van der Waals surface area (Å²) in [5.41, 5.74) is 1.73. The molecule has 0 amide bonds. The fraction of sp³-hybridized carbons (Fsp3) is 0.261. The lowest BCUT2D eigenvalue weighted by Crippen LogP contribution is -2.44. The molecule has 2 aromatic carbocycles. The number of hydrogen-bond donors (Lipinski definition) is 3. The third-order valence-electron chi connectivity index (χ3n) is 5.31. The molecule has 0 bridgehead atoms. The Morgan fingerprint density at radius 1 is 1.23 bits per heavy atom. The molecule has 2 heterocycles. The Kier molecular flexibility index (Phi) is 5.50. The molecule has 152 valence electrons. The highest BCUT2D eigenvalue weighted by Crippen LogP contribution is 2.35. The van der Waals surface area contributed by atoms with Crippen molar-refractivity contribution in [3.8, 4) is 29.4 Å². The second-order valence-electron chi connectivity index (χ2n) is 7.43. The lowest BCUT2D eigenvalue weighted by molar-refractivity contribution is -0.138. The van der Waals surface area contributed by atoms with Crippen LogP contribution in [0.1, 0.15) is 18.4 Å². The highest BCUT2D eigenvalue weighted by Gasteiger charge is 2.23. The van der Waals surface area contributed by atoms with Gasteiger partial charge >= 0.3 is 5.97 Å². The summed E-state index contributed by atoms with van der Waals surface area (Å²) in [6.07, 6.45) is 7.26. The number of benzene rings is 2. The van der Waals surface area contributed by atoms with Gasteiger partial charge < -0.3 is 15.5 Å². The molecule has 0 spiro atoms. The number of piperidine rings is 1. The molecule has 0 radical (unpaired) electrons. The maximum absolute atomic E-state index is 11.0. The Balaban J connectivity index is 1.66. The Morgan fingerprint density at radius 3 is 2.77 bits per heavy atom. The number of phenolic OH excluding ortho intramolecular Hbond substituents is 1. The Bertz CT molecular complexity index is 1140. The van der Waals surface area contributed by atoms with E-state index in [-0.39, 0.29) is 18.3 Å². The molecule has 0 aliphatic carbocycles. The SMILES string of the molecule is C#Cc1ccc(-c2nnc(NC3CCCN(CC(=O)O)C3)c3ccccc23)c(O)c1.